The summed E-state index contributed by atoms with van der Waals surface area (Å²) in [6, 6.07) is 27.3. The zero-order valence-electron chi connectivity index (χ0n) is 12.9. The van der Waals surface area contributed by atoms with E-state index in [2.05, 4.69) is 83.6 Å². The van der Waals surface area contributed by atoms with E-state index in [1.807, 2.05) is 6.07 Å². The maximum Gasteiger partial charge on any atom is 0.124 e. The normalized spacial score (nSPS) is 11.3. The summed E-state index contributed by atoms with van der Waals surface area (Å²) in [7, 11) is 0. The molecule has 0 bridgehead atoms. The van der Waals surface area contributed by atoms with Gasteiger partial charge < -0.3 is 4.57 Å². The van der Waals surface area contributed by atoms with E-state index in [1.165, 1.54) is 26.9 Å². The van der Waals surface area contributed by atoms with Gasteiger partial charge >= 0.3 is 0 Å². The van der Waals surface area contributed by atoms with Gasteiger partial charge in [-0.25, -0.2) is 4.98 Å². The van der Waals surface area contributed by atoms with Crippen LogP contribution in [0.1, 0.15) is 0 Å². The SMILES string of the molecule is c1ccc(-c2nc3cccc(-n4ccc5ccccc54)c3s2)cc1. The van der Waals surface area contributed by atoms with Crippen LogP contribution in [0, 0.1) is 0 Å². The Hall–Kier alpha value is -2.91. The minimum Gasteiger partial charge on any atom is -0.315 e. The molecule has 2 nitrogen and oxygen atoms in total. The monoisotopic (exact) mass is 326 g/mol. The van der Waals surface area contributed by atoms with Crippen molar-refractivity contribution in [1.29, 1.82) is 0 Å². The van der Waals surface area contributed by atoms with Crippen molar-refractivity contribution in [2.75, 3.05) is 0 Å². The Morgan fingerprint density at radius 1 is 0.750 bits per heavy atom. The minimum atomic E-state index is 1.05. The molecular formula is C21H14N2S. The van der Waals surface area contributed by atoms with Crippen molar-refractivity contribution in [2.24, 2.45) is 0 Å². The van der Waals surface area contributed by atoms with E-state index in [1.54, 1.807) is 11.3 Å². The van der Waals surface area contributed by atoms with Gasteiger partial charge in [-0.05, 0) is 29.7 Å². The summed E-state index contributed by atoms with van der Waals surface area (Å²) in [6.07, 6.45) is 2.14. The molecule has 0 aliphatic rings. The van der Waals surface area contributed by atoms with Crippen LogP contribution in [0.25, 0.3) is 37.4 Å². The van der Waals surface area contributed by atoms with Gasteiger partial charge in [0, 0.05) is 11.8 Å². The smallest absolute Gasteiger partial charge is 0.124 e. The Morgan fingerprint density at radius 2 is 1.58 bits per heavy atom. The van der Waals surface area contributed by atoms with Crippen LogP contribution < -0.4 is 0 Å². The number of fused-ring (bicyclic) bond motifs is 2. The maximum atomic E-state index is 4.84. The van der Waals surface area contributed by atoms with Crippen LogP contribution in [0.4, 0.5) is 0 Å². The van der Waals surface area contributed by atoms with Crippen molar-refractivity contribution < 1.29 is 0 Å². The minimum absolute atomic E-state index is 1.05. The standard InChI is InChI=1S/C21H14N2S/c1-2-8-16(9-3-1)21-22-17-10-6-12-19(20(17)24-21)23-14-13-15-7-4-5-11-18(15)23/h1-14H. The summed E-state index contributed by atoms with van der Waals surface area (Å²) < 4.78 is 3.47. The highest BCUT2D eigenvalue weighted by atomic mass is 32.1. The molecule has 0 aliphatic carbocycles. The molecule has 0 radical (unpaired) electrons. The van der Waals surface area contributed by atoms with Gasteiger partial charge in [0.15, 0.2) is 0 Å². The van der Waals surface area contributed by atoms with Gasteiger partial charge in [0.1, 0.15) is 5.01 Å². The van der Waals surface area contributed by atoms with Crippen molar-refractivity contribution in [3.05, 3.63) is 85.1 Å². The molecule has 0 amide bonds. The van der Waals surface area contributed by atoms with Crippen LogP contribution >= 0.6 is 11.3 Å². The number of nitrogens with zero attached hydrogens (tertiary/aromatic N) is 2. The first-order chi connectivity index (χ1) is 11.9. The van der Waals surface area contributed by atoms with Crippen LogP contribution in [0.5, 0.6) is 0 Å². The lowest BCUT2D eigenvalue weighted by Gasteiger charge is -2.06. The number of hydrogen-bond donors (Lipinski definition) is 0. The average molecular weight is 326 g/mol. The molecule has 0 fully saturated rings. The molecule has 114 valence electrons. The van der Waals surface area contributed by atoms with E-state index in [0.717, 1.165) is 10.5 Å². The van der Waals surface area contributed by atoms with Crippen molar-refractivity contribution in [1.82, 2.24) is 9.55 Å². The second kappa shape index (κ2) is 5.32. The first kappa shape index (κ1) is 13.5. The summed E-state index contributed by atoms with van der Waals surface area (Å²) in [5.41, 5.74) is 4.63. The lowest BCUT2D eigenvalue weighted by Crippen LogP contribution is -1.91. The number of aromatic nitrogens is 2. The lowest BCUT2D eigenvalue weighted by atomic mass is 10.2. The van der Waals surface area contributed by atoms with Crippen LogP contribution in [-0.2, 0) is 0 Å². The predicted octanol–water partition coefficient (Wildman–Crippen LogP) is 5.91. The molecule has 5 aromatic rings. The predicted molar refractivity (Wildman–Crippen MR) is 102 cm³/mol. The molecule has 3 heteroatoms. The molecule has 0 spiro atoms. The highest BCUT2D eigenvalue weighted by molar-refractivity contribution is 7.22. The van der Waals surface area contributed by atoms with Gasteiger partial charge in [-0.15, -0.1) is 11.3 Å². The molecule has 24 heavy (non-hydrogen) atoms. The fourth-order valence-electron chi connectivity index (χ4n) is 3.12. The van der Waals surface area contributed by atoms with Gasteiger partial charge in [-0.2, -0.15) is 0 Å². The highest BCUT2D eigenvalue weighted by Crippen LogP contribution is 2.35. The second-order valence-electron chi connectivity index (χ2n) is 5.75. The second-order valence-corrected chi connectivity index (χ2v) is 6.75. The average Bonchev–Trinajstić information content (AvgIpc) is 3.26. The molecule has 0 saturated heterocycles. The Balaban J connectivity index is 1.76. The third-order valence-corrected chi connectivity index (χ3v) is 5.42. The molecule has 2 aromatic heterocycles. The number of hydrogen-bond acceptors (Lipinski definition) is 2. The molecule has 5 rings (SSSR count). The summed E-state index contributed by atoms with van der Waals surface area (Å²) in [4.78, 5) is 4.84. The maximum absolute atomic E-state index is 4.84. The summed E-state index contributed by atoms with van der Waals surface area (Å²) >= 11 is 1.75. The van der Waals surface area contributed by atoms with Crippen molar-refractivity contribution >= 4 is 32.5 Å². The van der Waals surface area contributed by atoms with Gasteiger partial charge in [0.25, 0.3) is 0 Å². The Kier molecular flexibility index (Phi) is 3.00. The molecule has 0 aliphatic heterocycles. The van der Waals surface area contributed by atoms with Crippen molar-refractivity contribution in [2.45, 2.75) is 0 Å². The topological polar surface area (TPSA) is 17.8 Å². The van der Waals surface area contributed by atoms with Crippen LogP contribution in [-0.4, -0.2) is 9.55 Å². The largest absolute Gasteiger partial charge is 0.315 e. The molecular weight excluding hydrogens is 312 g/mol. The van der Waals surface area contributed by atoms with Gasteiger partial charge in [-0.3, -0.25) is 0 Å². The quantitative estimate of drug-likeness (QED) is 0.394. The number of thiazole rings is 1. The Labute approximate surface area is 143 Å². The number of rotatable bonds is 2. The summed E-state index contributed by atoms with van der Waals surface area (Å²) in [5.74, 6) is 0. The van der Waals surface area contributed by atoms with E-state index in [9.17, 15) is 0 Å². The molecule has 2 heterocycles. The van der Waals surface area contributed by atoms with Gasteiger partial charge in [0.2, 0.25) is 0 Å². The summed E-state index contributed by atoms with van der Waals surface area (Å²) in [6.45, 7) is 0. The third-order valence-electron chi connectivity index (χ3n) is 4.27. The molecule has 0 saturated carbocycles. The van der Waals surface area contributed by atoms with E-state index in [4.69, 9.17) is 4.98 Å². The lowest BCUT2D eigenvalue weighted by molar-refractivity contribution is 1.15. The zero-order chi connectivity index (χ0) is 15.9. The zero-order valence-corrected chi connectivity index (χ0v) is 13.7. The summed E-state index contributed by atoms with van der Waals surface area (Å²) in [5, 5.41) is 2.32. The van der Waals surface area contributed by atoms with Crippen LogP contribution in [0.15, 0.2) is 85.1 Å². The molecule has 0 atom stereocenters. The molecule has 0 N–H and O–H groups in total. The van der Waals surface area contributed by atoms with E-state index in [0.29, 0.717) is 0 Å². The van der Waals surface area contributed by atoms with Crippen molar-refractivity contribution in [3.63, 3.8) is 0 Å². The Morgan fingerprint density at radius 3 is 2.50 bits per heavy atom. The Bertz CT molecular complexity index is 1150. The first-order valence-electron chi connectivity index (χ1n) is 7.91. The van der Waals surface area contributed by atoms with Crippen molar-refractivity contribution in [3.8, 4) is 16.3 Å². The molecule has 0 unspecified atom stereocenters. The molecule has 3 aromatic carbocycles. The van der Waals surface area contributed by atoms with E-state index in [-0.39, 0.29) is 0 Å². The van der Waals surface area contributed by atoms with Gasteiger partial charge in [0.05, 0.1) is 21.4 Å². The van der Waals surface area contributed by atoms with Crippen LogP contribution in [0.3, 0.4) is 0 Å². The van der Waals surface area contributed by atoms with Crippen LogP contribution in [0.2, 0.25) is 0 Å². The van der Waals surface area contributed by atoms with E-state index < -0.39 is 0 Å². The number of benzene rings is 3. The van der Waals surface area contributed by atoms with E-state index >= 15 is 0 Å². The fraction of sp³-hybridized carbons (Fsp3) is 0. The van der Waals surface area contributed by atoms with Gasteiger partial charge in [-0.1, -0.05) is 54.6 Å². The number of para-hydroxylation sites is 1. The highest BCUT2D eigenvalue weighted by Gasteiger charge is 2.12. The third kappa shape index (κ3) is 2.06. The fourth-order valence-corrected chi connectivity index (χ4v) is 4.20. The first-order valence-corrected chi connectivity index (χ1v) is 8.73.